The Kier molecular flexibility index (Phi) is 8.01. The number of thiol groups is 1. The van der Waals surface area contributed by atoms with Crippen LogP contribution in [0.5, 0.6) is 0 Å². The molecule has 0 aliphatic carbocycles. The molecule has 0 bridgehead atoms. The van der Waals surface area contributed by atoms with Crippen LogP contribution in [0.25, 0.3) is 0 Å². The van der Waals surface area contributed by atoms with Crippen LogP contribution < -0.4 is 0 Å². The van der Waals surface area contributed by atoms with Crippen molar-refractivity contribution in [3.8, 4) is 0 Å². The maximum absolute atomic E-state index is 10.1. The number of hydrogen-bond donors (Lipinski definition) is 3. The fraction of sp³-hybridized carbons (Fsp3) is 1.00. The maximum atomic E-state index is 10.1. The monoisotopic (exact) mass is 227 g/mol. The third-order valence-electron chi connectivity index (χ3n) is 1.82. The van der Waals surface area contributed by atoms with Gasteiger partial charge in [0, 0.05) is 19.1 Å². The second-order valence-corrected chi connectivity index (χ2v) is 3.56. The molecule has 0 spiro atoms. The lowest BCUT2D eigenvalue weighted by Crippen LogP contribution is -2.40. The number of rotatable bonds is 8. The van der Waals surface area contributed by atoms with Gasteiger partial charge in [0.25, 0.3) is 11.0 Å². The molecule has 1 atom stereocenters. The molecule has 86 valence electrons. The Labute approximate surface area is 85.3 Å². The number of aliphatic hydroxyl groups is 2. The minimum Gasteiger partial charge on any atom is -0.395 e. The highest BCUT2D eigenvalue weighted by atomic mass is 32.2. The van der Waals surface area contributed by atoms with Crippen molar-refractivity contribution in [2.75, 3.05) is 32.9 Å². The van der Waals surface area contributed by atoms with Gasteiger partial charge in [-0.2, -0.15) is 0 Å². The van der Waals surface area contributed by atoms with Gasteiger partial charge >= 0.3 is 0 Å². The summed E-state index contributed by atoms with van der Waals surface area (Å²) in [5.41, 5.74) is 0. The molecule has 0 rings (SSSR count). The van der Waals surface area contributed by atoms with Gasteiger partial charge in [0.05, 0.1) is 19.8 Å². The van der Waals surface area contributed by atoms with Crippen molar-refractivity contribution in [2.24, 2.45) is 0 Å². The first-order valence-electron chi connectivity index (χ1n) is 4.35. The zero-order chi connectivity index (χ0) is 11.0. The van der Waals surface area contributed by atoms with Crippen LogP contribution in [0.15, 0.2) is 0 Å². The molecule has 6 nitrogen and oxygen atoms in total. The van der Waals surface area contributed by atoms with Crippen LogP contribution in [0.3, 0.4) is 0 Å². The van der Waals surface area contributed by atoms with E-state index in [9.17, 15) is 8.42 Å². The molecule has 0 aromatic rings. The lowest BCUT2D eigenvalue weighted by atomic mass is 10.3. The molecule has 14 heavy (non-hydrogen) atoms. The van der Waals surface area contributed by atoms with Gasteiger partial charge in [-0.1, -0.05) is 0 Å². The first-order chi connectivity index (χ1) is 6.61. The highest BCUT2D eigenvalue weighted by molar-refractivity contribution is 7.67. The van der Waals surface area contributed by atoms with E-state index in [1.165, 1.54) is 0 Å². The standard InChI is InChI=1S/C7H17NO5S/c1-7(6-13-14(11)12)8(2-4-9)3-5-10/h7,9-10,14H,2-6H2,1H3. The summed E-state index contributed by atoms with van der Waals surface area (Å²) < 4.78 is 24.7. The van der Waals surface area contributed by atoms with Crippen molar-refractivity contribution in [1.29, 1.82) is 0 Å². The largest absolute Gasteiger partial charge is 0.395 e. The van der Waals surface area contributed by atoms with E-state index < -0.39 is 11.0 Å². The molecule has 2 N–H and O–H groups in total. The lowest BCUT2D eigenvalue weighted by Gasteiger charge is -2.26. The van der Waals surface area contributed by atoms with Crippen molar-refractivity contribution in [2.45, 2.75) is 13.0 Å². The smallest absolute Gasteiger partial charge is 0.257 e. The Bertz CT molecular complexity index is 194. The SMILES string of the molecule is CC(CO[SH](=O)=O)N(CCO)CCO. The van der Waals surface area contributed by atoms with E-state index in [4.69, 9.17) is 10.2 Å². The summed E-state index contributed by atoms with van der Waals surface area (Å²) in [6, 6.07) is -0.151. The summed E-state index contributed by atoms with van der Waals surface area (Å²) in [5, 5.41) is 17.4. The molecule has 0 aromatic carbocycles. The van der Waals surface area contributed by atoms with E-state index >= 15 is 0 Å². The molecule has 0 aliphatic rings. The second kappa shape index (κ2) is 8.13. The van der Waals surface area contributed by atoms with Crippen molar-refractivity contribution < 1.29 is 22.8 Å². The maximum Gasteiger partial charge on any atom is 0.257 e. The minimum absolute atomic E-state index is 0.0339. The van der Waals surface area contributed by atoms with Crippen LogP contribution in [0.2, 0.25) is 0 Å². The summed E-state index contributed by atoms with van der Waals surface area (Å²) >= 11 is 0. The topological polar surface area (TPSA) is 87.1 Å². The number of hydrogen-bond acceptors (Lipinski definition) is 6. The van der Waals surface area contributed by atoms with Gasteiger partial charge in [0.15, 0.2) is 0 Å². The highest BCUT2D eigenvalue weighted by Gasteiger charge is 2.12. The van der Waals surface area contributed by atoms with E-state index in [0.29, 0.717) is 13.1 Å². The summed E-state index contributed by atoms with van der Waals surface area (Å²) in [6.07, 6.45) is 0. The van der Waals surface area contributed by atoms with Crippen LogP contribution in [0.1, 0.15) is 6.92 Å². The van der Waals surface area contributed by atoms with Gasteiger partial charge in [-0.15, -0.1) is 0 Å². The highest BCUT2D eigenvalue weighted by Crippen LogP contribution is 1.98. The number of nitrogens with zero attached hydrogens (tertiary/aromatic N) is 1. The molecular formula is C7H17NO5S. The van der Waals surface area contributed by atoms with Gasteiger partial charge in [-0.25, -0.2) is 8.42 Å². The summed E-state index contributed by atoms with van der Waals surface area (Å²) in [6.45, 7) is 2.52. The average molecular weight is 227 g/mol. The van der Waals surface area contributed by atoms with Crippen LogP contribution >= 0.6 is 0 Å². The molecule has 0 aromatic heterocycles. The normalized spacial score (nSPS) is 13.8. The Morgan fingerprint density at radius 1 is 1.29 bits per heavy atom. The Morgan fingerprint density at radius 3 is 2.14 bits per heavy atom. The molecule has 0 aliphatic heterocycles. The molecule has 0 amide bonds. The second-order valence-electron chi connectivity index (χ2n) is 2.85. The molecular weight excluding hydrogens is 210 g/mol. The van der Waals surface area contributed by atoms with Crippen molar-refractivity contribution in [3.05, 3.63) is 0 Å². The van der Waals surface area contributed by atoms with E-state index in [1.807, 2.05) is 0 Å². The Morgan fingerprint density at radius 2 is 1.79 bits per heavy atom. The van der Waals surface area contributed by atoms with Gasteiger partial charge in [-0.05, 0) is 6.92 Å². The molecule has 7 heteroatoms. The summed E-state index contributed by atoms with van der Waals surface area (Å²) in [4.78, 5) is 1.75. The summed E-state index contributed by atoms with van der Waals surface area (Å²) in [7, 11) is -2.83. The fourth-order valence-corrected chi connectivity index (χ4v) is 1.42. The van der Waals surface area contributed by atoms with Crippen molar-refractivity contribution >= 4 is 11.0 Å². The van der Waals surface area contributed by atoms with E-state index in [1.54, 1.807) is 11.8 Å². The quantitative estimate of drug-likeness (QED) is 0.424. The van der Waals surface area contributed by atoms with Crippen LogP contribution in [-0.4, -0.2) is 62.5 Å². The van der Waals surface area contributed by atoms with Crippen molar-refractivity contribution in [1.82, 2.24) is 4.90 Å². The first-order valence-corrected chi connectivity index (χ1v) is 5.44. The predicted octanol–water partition coefficient (Wildman–Crippen LogP) is -1.80. The summed E-state index contributed by atoms with van der Waals surface area (Å²) in [5.74, 6) is 0. The first kappa shape index (κ1) is 13.8. The minimum atomic E-state index is -2.83. The molecule has 0 radical (unpaired) electrons. The molecule has 1 unspecified atom stereocenters. The molecule has 0 saturated heterocycles. The molecule has 0 heterocycles. The van der Waals surface area contributed by atoms with Gasteiger partial charge in [0.1, 0.15) is 0 Å². The van der Waals surface area contributed by atoms with Crippen LogP contribution in [0.4, 0.5) is 0 Å². The van der Waals surface area contributed by atoms with Gasteiger partial charge in [-0.3, -0.25) is 9.08 Å². The third kappa shape index (κ3) is 6.28. The molecule has 0 fully saturated rings. The average Bonchev–Trinajstić information content (AvgIpc) is 2.14. The Hall–Kier alpha value is -0.210. The van der Waals surface area contributed by atoms with Gasteiger partial charge < -0.3 is 10.2 Å². The fourth-order valence-electron chi connectivity index (χ4n) is 1.08. The lowest BCUT2D eigenvalue weighted by molar-refractivity contribution is 0.103. The molecule has 0 saturated carbocycles. The predicted molar refractivity (Wildman–Crippen MR) is 51.5 cm³/mol. The van der Waals surface area contributed by atoms with Crippen molar-refractivity contribution in [3.63, 3.8) is 0 Å². The number of aliphatic hydroxyl groups excluding tert-OH is 2. The zero-order valence-corrected chi connectivity index (χ0v) is 9.02. The Balaban J connectivity index is 3.92. The van der Waals surface area contributed by atoms with Gasteiger partial charge in [0.2, 0.25) is 0 Å². The van der Waals surface area contributed by atoms with E-state index in [-0.39, 0.29) is 25.9 Å². The van der Waals surface area contributed by atoms with Crippen LogP contribution in [-0.2, 0) is 15.2 Å². The zero-order valence-electron chi connectivity index (χ0n) is 8.13. The van der Waals surface area contributed by atoms with E-state index in [2.05, 4.69) is 4.18 Å². The van der Waals surface area contributed by atoms with Crippen LogP contribution in [0, 0.1) is 0 Å². The third-order valence-corrected chi connectivity index (χ3v) is 2.18. The van der Waals surface area contributed by atoms with E-state index in [0.717, 1.165) is 0 Å².